The van der Waals surface area contributed by atoms with E-state index in [-0.39, 0.29) is 23.9 Å². The third-order valence-corrected chi connectivity index (χ3v) is 8.74. The highest BCUT2D eigenvalue weighted by Crippen LogP contribution is 2.56. The first-order valence-corrected chi connectivity index (χ1v) is 12.7. The second-order valence-electron chi connectivity index (χ2n) is 11.1. The van der Waals surface area contributed by atoms with E-state index < -0.39 is 5.60 Å². The van der Waals surface area contributed by atoms with E-state index in [0.717, 1.165) is 48.8 Å². The minimum atomic E-state index is -0.493. The van der Waals surface area contributed by atoms with Crippen LogP contribution in [-0.4, -0.2) is 72.0 Å². The van der Waals surface area contributed by atoms with Gasteiger partial charge in [-0.25, -0.2) is 4.98 Å². The van der Waals surface area contributed by atoms with Gasteiger partial charge in [0, 0.05) is 36.9 Å². The van der Waals surface area contributed by atoms with E-state index in [1.54, 1.807) is 11.1 Å². The zero-order chi connectivity index (χ0) is 23.7. The number of aliphatic hydroxyl groups is 2. The van der Waals surface area contributed by atoms with Crippen molar-refractivity contribution in [3.8, 4) is 11.4 Å². The number of rotatable bonds is 4. The van der Waals surface area contributed by atoms with E-state index >= 15 is 0 Å². The van der Waals surface area contributed by atoms with Crippen LogP contribution in [0.1, 0.15) is 55.6 Å². The van der Waals surface area contributed by atoms with Crippen molar-refractivity contribution < 1.29 is 19.5 Å². The van der Waals surface area contributed by atoms with Gasteiger partial charge >= 0.3 is 11.8 Å². The maximum Gasteiger partial charge on any atom is 0.316 e. The number of pyridine rings is 1. The van der Waals surface area contributed by atoms with Gasteiger partial charge in [-0.2, -0.15) is 4.98 Å². The third-order valence-electron chi connectivity index (χ3n) is 8.74. The molecule has 5 atom stereocenters. The Bertz CT molecular complexity index is 1260. The average Bonchev–Trinajstić information content (AvgIpc) is 3.50. The van der Waals surface area contributed by atoms with Crippen molar-refractivity contribution in [1.82, 2.24) is 25.0 Å². The van der Waals surface area contributed by atoms with E-state index in [9.17, 15) is 15.0 Å². The number of fused-ring (bicyclic) bond motifs is 1. The molecule has 1 amide bonds. The molecule has 1 aliphatic heterocycles. The molecule has 0 aromatic carbocycles. The van der Waals surface area contributed by atoms with Gasteiger partial charge in [0.2, 0.25) is 5.82 Å². The van der Waals surface area contributed by atoms with Crippen molar-refractivity contribution in [2.45, 2.75) is 62.7 Å². The van der Waals surface area contributed by atoms with Gasteiger partial charge in [-0.3, -0.25) is 4.79 Å². The second-order valence-corrected chi connectivity index (χ2v) is 11.1. The fourth-order valence-corrected chi connectivity index (χ4v) is 7.34. The number of aromatic nitrogens is 4. The summed E-state index contributed by atoms with van der Waals surface area (Å²) in [6.45, 7) is 0.943. The summed E-state index contributed by atoms with van der Waals surface area (Å²) in [5, 5.41) is 29.7. The van der Waals surface area contributed by atoms with Crippen LogP contribution in [0.5, 0.6) is 0 Å². The standard InChI is InChI=1S/C25H30N6O4/c32-16-2-5-31(6-3-16)24(33)23-29-22(30-35-23)18-12-27-21-17(1-4-26-21)20(18)28-19-14-7-13-8-15(19)11-25(34,9-13)10-14/h1,4,12-16,19,32,34H,2-3,5-11H2,(H2,26,27,28)/t13?,14-,15+,19+,25-. The number of nitrogens with zero attached hydrogens (tertiary/aromatic N) is 4. The molecule has 0 radical (unpaired) electrons. The van der Waals surface area contributed by atoms with Crippen LogP contribution in [0.15, 0.2) is 23.0 Å². The number of likely N-dealkylation sites (tertiary alicyclic amines) is 1. The quantitative estimate of drug-likeness (QED) is 0.448. The third kappa shape index (κ3) is 3.53. The molecule has 10 heteroatoms. The molecule has 4 N–H and O–H groups in total. The summed E-state index contributed by atoms with van der Waals surface area (Å²) in [4.78, 5) is 26.7. The fourth-order valence-electron chi connectivity index (χ4n) is 7.34. The van der Waals surface area contributed by atoms with Crippen LogP contribution in [0.2, 0.25) is 0 Å². The van der Waals surface area contributed by atoms with E-state index in [1.807, 2.05) is 12.3 Å². The zero-order valence-electron chi connectivity index (χ0n) is 19.5. The molecule has 0 spiro atoms. The number of amides is 1. The molecule has 4 aliphatic carbocycles. The molecule has 1 saturated heterocycles. The summed E-state index contributed by atoms with van der Waals surface area (Å²) in [7, 11) is 0. The molecular weight excluding hydrogens is 448 g/mol. The van der Waals surface area contributed by atoms with Crippen LogP contribution in [0.25, 0.3) is 22.4 Å². The molecule has 4 saturated carbocycles. The summed E-state index contributed by atoms with van der Waals surface area (Å²) in [6.07, 6.45) is 9.27. The molecule has 3 aromatic heterocycles. The number of anilines is 1. The predicted molar refractivity (Wildman–Crippen MR) is 126 cm³/mol. The van der Waals surface area contributed by atoms with E-state index in [1.165, 1.54) is 0 Å². The topological polar surface area (TPSA) is 140 Å². The molecule has 184 valence electrons. The van der Waals surface area contributed by atoms with Crippen LogP contribution >= 0.6 is 0 Å². The van der Waals surface area contributed by atoms with Crippen molar-refractivity contribution in [3.63, 3.8) is 0 Å². The van der Waals surface area contributed by atoms with Crippen LogP contribution in [0, 0.1) is 17.8 Å². The number of nitrogens with one attached hydrogen (secondary N) is 2. The number of carbonyl (C=O) groups is 1. The first kappa shape index (κ1) is 21.3. The maximum absolute atomic E-state index is 12.9. The van der Waals surface area contributed by atoms with Gasteiger partial charge < -0.3 is 29.9 Å². The maximum atomic E-state index is 12.9. The smallest absolute Gasteiger partial charge is 0.316 e. The monoisotopic (exact) mass is 478 g/mol. The number of carbonyl (C=O) groups excluding carboxylic acids is 1. The van der Waals surface area contributed by atoms with E-state index in [0.29, 0.717) is 55.1 Å². The molecule has 8 rings (SSSR count). The normalized spacial score (nSPS) is 32.5. The highest BCUT2D eigenvalue weighted by Gasteiger charge is 2.54. The number of aromatic amines is 1. The number of hydrogen-bond acceptors (Lipinski definition) is 8. The average molecular weight is 479 g/mol. The minimum Gasteiger partial charge on any atom is -0.393 e. The summed E-state index contributed by atoms with van der Waals surface area (Å²) in [6, 6.07) is 2.25. The molecule has 4 heterocycles. The molecule has 10 nitrogen and oxygen atoms in total. The Kier molecular flexibility index (Phi) is 4.73. The fraction of sp³-hybridized carbons (Fsp3) is 0.600. The molecule has 4 bridgehead atoms. The first-order chi connectivity index (χ1) is 17.0. The lowest BCUT2D eigenvalue weighted by Crippen LogP contribution is -2.59. The van der Waals surface area contributed by atoms with Gasteiger partial charge in [0.1, 0.15) is 5.65 Å². The van der Waals surface area contributed by atoms with Crippen molar-refractivity contribution >= 4 is 22.6 Å². The summed E-state index contributed by atoms with van der Waals surface area (Å²) in [5.74, 6) is 1.45. The van der Waals surface area contributed by atoms with Crippen molar-refractivity contribution in [2.75, 3.05) is 18.4 Å². The SMILES string of the molecule is O=C(c1nc(-c2cnc3[nH]ccc3c2N[C@H]2[C@@H]3CC4C[C@H]2C[C@@](O)(C4)C3)no1)N1CCC(O)CC1. The van der Waals surface area contributed by atoms with Crippen LogP contribution in [0.3, 0.4) is 0 Å². The Morgan fingerprint density at radius 3 is 2.71 bits per heavy atom. The Labute approximate surface area is 202 Å². The lowest BCUT2D eigenvalue weighted by molar-refractivity contribution is -0.129. The van der Waals surface area contributed by atoms with Gasteiger partial charge in [0.15, 0.2) is 0 Å². The van der Waals surface area contributed by atoms with Gasteiger partial charge in [0.05, 0.1) is 23.0 Å². The molecule has 5 aliphatic rings. The second kappa shape index (κ2) is 7.76. The summed E-state index contributed by atoms with van der Waals surface area (Å²) >= 11 is 0. The Morgan fingerprint density at radius 1 is 1.20 bits per heavy atom. The van der Waals surface area contributed by atoms with E-state index in [4.69, 9.17) is 4.52 Å². The number of hydrogen-bond donors (Lipinski definition) is 4. The zero-order valence-corrected chi connectivity index (χ0v) is 19.5. The molecular formula is C25H30N6O4. The van der Waals surface area contributed by atoms with Crippen LogP contribution in [-0.2, 0) is 0 Å². The number of H-pyrrole nitrogens is 1. The van der Waals surface area contributed by atoms with Crippen molar-refractivity contribution in [3.05, 3.63) is 24.4 Å². The Morgan fingerprint density at radius 2 is 1.97 bits per heavy atom. The number of aliphatic hydroxyl groups excluding tert-OH is 1. The van der Waals surface area contributed by atoms with Gasteiger partial charge in [-0.1, -0.05) is 5.16 Å². The lowest BCUT2D eigenvalue weighted by Gasteiger charge is -2.58. The van der Waals surface area contributed by atoms with Gasteiger partial charge in [0.25, 0.3) is 0 Å². The van der Waals surface area contributed by atoms with Crippen molar-refractivity contribution in [1.29, 1.82) is 0 Å². The van der Waals surface area contributed by atoms with Gasteiger partial charge in [-0.15, -0.1) is 0 Å². The Balaban J connectivity index is 1.21. The Hall–Kier alpha value is -2.98. The van der Waals surface area contributed by atoms with Gasteiger partial charge in [-0.05, 0) is 68.8 Å². The van der Waals surface area contributed by atoms with E-state index in [2.05, 4.69) is 25.4 Å². The highest BCUT2D eigenvalue weighted by atomic mass is 16.5. The largest absolute Gasteiger partial charge is 0.393 e. The van der Waals surface area contributed by atoms with Crippen LogP contribution < -0.4 is 5.32 Å². The summed E-state index contributed by atoms with van der Waals surface area (Å²) < 4.78 is 5.40. The predicted octanol–water partition coefficient (Wildman–Crippen LogP) is 2.56. The molecule has 5 fully saturated rings. The number of piperidine rings is 1. The molecule has 1 unspecified atom stereocenters. The molecule has 35 heavy (non-hydrogen) atoms. The lowest BCUT2D eigenvalue weighted by atomic mass is 9.52. The highest BCUT2D eigenvalue weighted by molar-refractivity contribution is 5.97. The first-order valence-electron chi connectivity index (χ1n) is 12.7. The van der Waals surface area contributed by atoms with Crippen LogP contribution in [0.4, 0.5) is 5.69 Å². The minimum absolute atomic E-state index is 0.0478. The molecule has 3 aromatic rings. The van der Waals surface area contributed by atoms with Crippen molar-refractivity contribution in [2.24, 2.45) is 17.8 Å². The summed E-state index contributed by atoms with van der Waals surface area (Å²) in [5.41, 5.74) is 1.86.